The molecule has 0 aromatic heterocycles. The molecule has 0 heterocycles. The van der Waals surface area contributed by atoms with Crippen LogP contribution in [0.2, 0.25) is 0 Å². The summed E-state index contributed by atoms with van der Waals surface area (Å²) < 4.78 is 71.3. The molecule has 0 rings (SSSR count). The van der Waals surface area contributed by atoms with E-state index in [0.717, 1.165) is 141 Å². The quantitative estimate of drug-likeness (QED) is 0.0188. The zero-order chi connectivity index (χ0) is 74.9. The van der Waals surface area contributed by atoms with E-state index in [4.69, 9.17) is 37.0 Å². The fourth-order valence-corrected chi connectivity index (χ4v) is 14.3. The Kier molecular flexibility index (Phi) is 83.2. The Labute approximate surface area is 680 Å². The van der Waals surface area contributed by atoms with Crippen molar-refractivity contribution in [3.8, 4) is 0 Å². The van der Waals surface area contributed by atoms with Crippen molar-refractivity contribution in [2.24, 2.45) is 0 Å². The normalized spacial score (nSPS) is 13.7. The molecule has 0 saturated heterocycles. The number of hydrogen-bond acceptors (Lipinski definition) is 17. The molecule has 0 aromatic carbocycles. The number of esters is 4. The van der Waals surface area contributed by atoms with Crippen molar-refractivity contribution in [1.29, 1.82) is 0 Å². The average molecular weight is 1540 g/mol. The third kappa shape index (κ3) is 74.1. The number of ether oxygens (including phenoxy) is 4. The number of carbonyl (C=O) groups excluding carboxylic acids is 5. The summed E-state index contributed by atoms with van der Waals surface area (Å²) in [6.45, 7) is 10.9. The van der Waals surface area contributed by atoms with Gasteiger partial charge in [-0.3, -0.25) is 28.3 Å². The molecule has 6 atom stereocenters. The molecular formula is C81H156N2Na2O17P2. The van der Waals surface area contributed by atoms with E-state index < -0.39 is 84.5 Å². The molecule has 23 heteroatoms. The van der Waals surface area contributed by atoms with Crippen LogP contribution in [-0.2, 0) is 65.4 Å². The molecule has 2 N–H and O–H groups in total. The van der Waals surface area contributed by atoms with Crippen molar-refractivity contribution >= 4 is 45.6 Å². The predicted molar refractivity (Wildman–Crippen MR) is 411 cm³/mol. The molecule has 0 aliphatic carbocycles. The number of hydrogen-bond donors (Lipinski definition) is 2. The zero-order valence-electron chi connectivity index (χ0n) is 68.3. The van der Waals surface area contributed by atoms with Crippen LogP contribution in [0.1, 0.15) is 427 Å². The number of unbranched alkanes of at least 4 members (excludes halogenated alkanes) is 46. The fourth-order valence-electron chi connectivity index (χ4n) is 12.8. The van der Waals surface area contributed by atoms with Crippen molar-refractivity contribution in [1.82, 2.24) is 10.6 Å². The summed E-state index contributed by atoms with van der Waals surface area (Å²) in [5, 5.41) is 4.92. The summed E-state index contributed by atoms with van der Waals surface area (Å²) in [7, 11) is -9.89. The van der Waals surface area contributed by atoms with Crippen LogP contribution in [0.15, 0.2) is 0 Å². The molecule has 0 aliphatic heterocycles. The molecule has 604 valence electrons. The van der Waals surface area contributed by atoms with Crippen molar-refractivity contribution in [2.45, 2.75) is 451 Å². The van der Waals surface area contributed by atoms with Crippen LogP contribution < -0.4 is 79.5 Å². The van der Waals surface area contributed by atoms with Crippen LogP contribution in [0.4, 0.5) is 4.79 Å². The number of phosphoric acid groups is 2. The van der Waals surface area contributed by atoms with E-state index >= 15 is 0 Å². The van der Waals surface area contributed by atoms with E-state index in [2.05, 4.69) is 52.2 Å². The van der Waals surface area contributed by atoms with Gasteiger partial charge in [-0.2, -0.15) is 0 Å². The molecule has 0 bridgehead atoms. The van der Waals surface area contributed by atoms with E-state index in [0.29, 0.717) is 38.5 Å². The van der Waals surface area contributed by atoms with Crippen LogP contribution in [0.3, 0.4) is 0 Å². The van der Waals surface area contributed by atoms with Crippen LogP contribution in [0, 0.1) is 0 Å². The third-order valence-corrected chi connectivity index (χ3v) is 21.2. The standard InChI is InChI=1S/C81H158N2O17P2.2Na/c1-7-13-19-25-31-37-39-45-51-57-63-79(86)99-75(73(59-53-47-41-33-27-21-15-9-3)97-77(84)61-55-49-43-35-29-23-17-11-5)65-69-93-101(89,90)95-71-67-82-81(88)83-68-72-96-102(91,92)94-70-66-76(100-80(87)64-58-52-46-40-38-32-26-20-14-8-2)74(60-54-48-42-34-28-22-16-10-4)98-78(85)62-56-50-44-36-30-24-18-12-6;;/h73-76H,7-72H2,1-6H3,(H,89,90)(H,91,92)(H2,82,83,88);;/q;2*+1/p-2. The molecule has 0 saturated carbocycles. The molecule has 19 nitrogen and oxygen atoms in total. The average Bonchev–Trinajstić information content (AvgIpc) is 0.891. The monoisotopic (exact) mass is 1540 g/mol. The SMILES string of the molecule is CCCCCCCCCCCCC(=O)OC(CCOP(=O)([O-])OCCNC(=O)NCCOP(=O)([O-])OCCC(OC(=O)CCCCCCCCCCCC)C(CCCCCCCCCC)OC(=O)CCCCCCCCCC)C(CCCCCCCCCC)OC(=O)CCCCCCCCCC.[Na+].[Na+]. The van der Waals surface area contributed by atoms with Crippen molar-refractivity contribution in [3.63, 3.8) is 0 Å². The van der Waals surface area contributed by atoms with Crippen LogP contribution >= 0.6 is 15.6 Å². The maximum absolute atomic E-state index is 13.5. The van der Waals surface area contributed by atoms with Gasteiger partial charge in [0.2, 0.25) is 0 Å². The first-order valence-electron chi connectivity index (χ1n) is 42.6. The van der Waals surface area contributed by atoms with Gasteiger partial charge in [-0.1, -0.05) is 337 Å². The summed E-state index contributed by atoms with van der Waals surface area (Å²) in [6, 6.07) is -0.755. The largest absolute Gasteiger partial charge is 1.00 e. The maximum atomic E-state index is 13.5. The molecule has 0 fully saturated rings. The van der Waals surface area contributed by atoms with Gasteiger partial charge in [-0.25, -0.2) is 4.79 Å². The van der Waals surface area contributed by atoms with E-state index in [9.17, 15) is 42.9 Å². The van der Waals surface area contributed by atoms with Gasteiger partial charge in [-0.15, -0.1) is 0 Å². The van der Waals surface area contributed by atoms with Crippen molar-refractivity contribution < 1.29 is 139 Å². The zero-order valence-corrected chi connectivity index (χ0v) is 74.1. The Hall–Kier alpha value is -0.630. The van der Waals surface area contributed by atoms with E-state index in [1.54, 1.807) is 0 Å². The number of urea groups is 1. The van der Waals surface area contributed by atoms with E-state index in [1.807, 2.05) is 0 Å². The van der Waals surface area contributed by atoms with Crippen LogP contribution in [0.5, 0.6) is 0 Å². The Balaban J connectivity index is -0.0000510. The first kappa shape index (κ1) is 108. The minimum atomic E-state index is -4.95. The Morgan fingerprint density at radius 3 is 0.644 bits per heavy atom. The summed E-state index contributed by atoms with van der Waals surface area (Å²) >= 11 is 0. The van der Waals surface area contributed by atoms with Gasteiger partial charge in [0.05, 0.1) is 26.4 Å². The summed E-state index contributed by atoms with van der Waals surface area (Å²) in [5.74, 6) is -1.60. The fraction of sp³-hybridized carbons (Fsp3) is 0.938. The van der Waals surface area contributed by atoms with Gasteiger partial charge in [0.15, 0.2) is 0 Å². The Bertz CT molecular complexity index is 1900. The predicted octanol–water partition coefficient (Wildman–Crippen LogP) is 16.5. The van der Waals surface area contributed by atoms with E-state index in [1.165, 1.54) is 167 Å². The smallest absolute Gasteiger partial charge is 0.756 e. The second-order valence-corrected chi connectivity index (χ2v) is 31.8. The van der Waals surface area contributed by atoms with Gasteiger partial charge < -0.3 is 57.5 Å². The molecule has 0 aliphatic rings. The summed E-state index contributed by atoms with van der Waals surface area (Å²) in [6.07, 6.45) is 54.6. The summed E-state index contributed by atoms with van der Waals surface area (Å²) in [4.78, 5) is 92.8. The topological polar surface area (TPSA) is 264 Å². The molecule has 6 unspecified atom stereocenters. The van der Waals surface area contributed by atoms with E-state index in [-0.39, 0.29) is 123 Å². The minimum Gasteiger partial charge on any atom is -0.756 e. The van der Waals surface area contributed by atoms with Crippen LogP contribution in [0.25, 0.3) is 0 Å². The number of carbonyl (C=O) groups is 5. The minimum absolute atomic E-state index is 0. The molecule has 104 heavy (non-hydrogen) atoms. The van der Waals surface area contributed by atoms with Gasteiger partial charge in [0.1, 0.15) is 24.4 Å². The van der Waals surface area contributed by atoms with Gasteiger partial charge >= 0.3 is 89.0 Å². The number of amides is 2. The second kappa shape index (κ2) is 80.4. The molecule has 0 spiro atoms. The van der Waals surface area contributed by atoms with Crippen molar-refractivity contribution in [2.75, 3.05) is 39.5 Å². The number of rotatable bonds is 80. The molecule has 0 radical (unpaired) electrons. The number of phosphoric ester groups is 2. The van der Waals surface area contributed by atoms with Gasteiger partial charge in [0.25, 0.3) is 15.6 Å². The molecule has 2 amide bonds. The summed E-state index contributed by atoms with van der Waals surface area (Å²) in [5.41, 5.74) is 0. The maximum Gasteiger partial charge on any atom is 1.00 e. The number of nitrogens with one attached hydrogen (secondary N) is 2. The molecular weight excluding hydrogens is 1380 g/mol. The second-order valence-electron chi connectivity index (χ2n) is 28.9. The van der Waals surface area contributed by atoms with Crippen molar-refractivity contribution in [3.05, 3.63) is 0 Å². The Morgan fingerprint density at radius 1 is 0.260 bits per heavy atom. The third-order valence-electron chi connectivity index (χ3n) is 19.2. The first-order valence-corrected chi connectivity index (χ1v) is 45.5. The molecule has 0 aromatic rings. The first-order chi connectivity index (χ1) is 49.6. The van der Waals surface area contributed by atoms with Gasteiger partial charge in [0, 0.05) is 51.6 Å². The van der Waals surface area contributed by atoms with Gasteiger partial charge in [-0.05, 0) is 51.4 Å². The Morgan fingerprint density at radius 2 is 0.433 bits per heavy atom. The van der Waals surface area contributed by atoms with Crippen LogP contribution in [-0.4, -0.2) is 93.8 Å².